The molecule has 0 atom stereocenters. The second kappa shape index (κ2) is 5.40. The van der Waals surface area contributed by atoms with Crippen molar-refractivity contribution in [2.24, 2.45) is 5.73 Å². The normalized spacial score (nSPS) is 16.8. The first-order valence-corrected chi connectivity index (χ1v) is 6.43. The molecule has 18 heavy (non-hydrogen) atoms. The molecular weight excluding hydrogens is 228 g/mol. The number of benzene rings is 1. The topological polar surface area (TPSA) is 64.3 Å². The van der Waals surface area contributed by atoms with E-state index in [0.29, 0.717) is 13.0 Å². The lowest BCUT2D eigenvalue weighted by molar-refractivity contribution is -0.118. The van der Waals surface area contributed by atoms with Crippen LogP contribution in [0.2, 0.25) is 0 Å². The highest BCUT2D eigenvalue weighted by atomic mass is 16.5. The molecule has 98 valence electrons. The number of carbonyl (C=O) groups excluding carboxylic acids is 1. The van der Waals surface area contributed by atoms with Crippen LogP contribution < -0.4 is 15.8 Å². The summed E-state index contributed by atoms with van der Waals surface area (Å²) in [6, 6.07) is 7.38. The Morgan fingerprint density at radius 3 is 2.56 bits per heavy atom. The summed E-state index contributed by atoms with van der Waals surface area (Å²) in [5.74, 6) is 0.797. The molecule has 0 spiro atoms. The number of carbonyl (C=O) groups is 1. The first kappa shape index (κ1) is 12.9. The van der Waals surface area contributed by atoms with E-state index in [9.17, 15) is 4.79 Å². The summed E-state index contributed by atoms with van der Waals surface area (Å²) in [4.78, 5) is 11.8. The molecule has 4 heteroatoms. The maximum Gasteiger partial charge on any atom is 0.226 e. The molecule has 1 aliphatic rings. The number of hydrogen-bond donors (Lipinski definition) is 2. The highest BCUT2D eigenvalue weighted by Gasteiger charge is 2.34. The van der Waals surface area contributed by atoms with Gasteiger partial charge < -0.3 is 15.8 Å². The molecule has 1 aliphatic carbocycles. The van der Waals surface area contributed by atoms with Gasteiger partial charge in [0, 0.05) is 17.6 Å². The van der Waals surface area contributed by atoms with Crippen LogP contribution in [0.15, 0.2) is 24.3 Å². The molecule has 0 saturated heterocycles. The Morgan fingerprint density at radius 1 is 1.39 bits per heavy atom. The number of anilines is 1. The van der Waals surface area contributed by atoms with Crippen molar-refractivity contribution in [2.75, 3.05) is 11.9 Å². The monoisotopic (exact) mass is 248 g/mol. The van der Waals surface area contributed by atoms with E-state index < -0.39 is 0 Å². The van der Waals surface area contributed by atoms with Crippen molar-refractivity contribution >= 4 is 11.6 Å². The molecule has 0 unspecified atom stereocenters. The maximum absolute atomic E-state index is 11.8. The highest BCUT2D eigenvalue weighted by Crippen LogP contribution is 2.32. The van der Waals surface area contributed by atoms with Crippen molar-refractivity contribution in [3.63, 3.8) is 0 Å². The number of nitrogens with one attached hydrogen (secondary N) is 1. The minimum Gasteiger partial charge on any atom is -0.494 e. The molecule has 0 radical (unpaired) electrons. The SMILES string of the molecule is CCOc1ccc(NC(=O)CC2(N)CCC2)cc1. The van der Waals surface area contributed by atoms with Crippen LogP contribution >= 0.6 is 0 Å². The lowest BCUT2D eigenvalue weighted by atomic mass is 9.75. The average Bonchev–Trinajstić information content (AvgIpc) is 2.30. The van der Waals surface area contributed by atoms with Gasteiger partial charge in [0.2, 0.25) is 5.91 Å². The first-order chi connectivity index (χ1) is 8.61. The van der Waals surface area contributed by atoms with E-state index >= 15 is 0 Å². The molecule has 1 saturated carbocycles. The van der Waals surface area contributed by atoms with Crippen LogP contribution in [0.5, 0.6) is 5.75 Å². The largest absolute Gasteiger partial charge is 0.494 e. The molecule has 3 N–H and O–H groups in total. The lowest BCUT2D eigenvalue weighted by Gasteiger charge is -2.37. The van der Waals surface area contributed by atoms with Gasteiger partial charge in [-0.05, 0) is 50.5 Å². The second-order valence-electron chi connectivity index (χ2n) is 4.90. The number of amides is 1. The third-order valence-corrected chi connectivity index (χ3v) is 3.31. The molecule has 1 aromatic carbocycles. The molecule has 2 rings (SSSR count). The van der Waals surface area contributed by atoms with E-state index in [4.69, 9.17) is 10.5 Å². The summed E-state index contributed by atoms with van der Waals surface area (Å²) >= 11 is 0. The van der Waals surface area contributed by atoms with Crippen molar-refractivity contribution in [1.29, 1.82) is 0 Å². The number of ether oxygens (including phenoxy) is 1. The number of hydrogen-bond acceptors (Lipinski definition) is 3. The average molecular weight is 248 g/mol. The van der Waals surface area contributed by atoms with Gasteiger partial charge in [0.1, 0.15) is 5.75 Å². The summed E-state index contributed by atoms with van der Waals surface area (Å²) in [6.07, 6.45) is 3.43. The van der Waals surface area contributed by atoms with Crippen LogP contribution in [-0.4, -0.2) is 18.1 Å². The van der Waals surface area contributed by atoms with Crippen LogP contribution in [-0.2, 0) is 4.79 Å². The highest BCUT2D eigenvalue weighted by molar-refractivity contribution is 5.91. The molecular formula is C14H20N2O2. The van der Waals surface area contributed by atoms with Gasteiger partial charge in [-0.2, -0.15) is 0 Å². The van der Waals surface area contributed by atoms with Gasteiger partial charge in [-0.1, -0.05) is 0 Å². The molecule has 0 aliphatic heterocycles. The fourth-order valence-corrected chi connectivity index (χ4v) is 2.13. The Morgan fingerprint density at radius 2 is 2.06 bits per heavy atom. The Kier molecular flexibility index (Phi) is 3.87. The molecule has 0 bridgehead atoms. The van der Waals surface area contributed by atoms with Crippen molar-refractivity contribution in [1.82, 2.24) is 0 Å². The standard InChI is InChI=1S/C14H20N2O2/c1-2-18-12-6-4-11(5-7-12)16-13(17)10-14(15)8-3-9-14/h4-7H,2-3,8-10,15H2,1H3,(H,16,17). The summed E-state index contributed by atoms with van der Waals surface area (Å²) in [6.45, 7) is 2.58. The third kappa shape index (κ3) is 3.23. The van der Waals surface area contributed by atoms with E-state index in [1.54, 1.807) is 0 Å². The smallest absolute Gasteiger partial charge is 0.226 e. The third-order valence-electron chi connectivity index (χ3n) is 3.31. The second-order valence-corrected chi connectivity index (χ2v) is 4.90. The number of nitrogens with two attached hydrogens (primary N) is 1. The van der Waals surface area contributed by atoms with Gasteiger partial charge in [0.05, 0.1) is 6.61 Å². The van der Waals surface area contributed by atoms with Crippen molar-refractivity contribution in [3.8, 4) is 5.75 Å². The van der Waals surface area contributed by atoms with Crippen molar-refractivity contribution in [2.45, 2.75) is 38.1 Å². The van der Waals surface area contributed by atoms with Crippen molar-refractivity contribution in [3.05, 3.63) is 24.3 Å². The zero-order valence-corrected chi connectivity index (χ0v) is 10.7. The van der Waals surface area contributed by atoms with Crippen LogP contribution in [0, 0.1) is 0 Å². The fraction of sp³-hybridized carbons (Fsp3) is 0.500. The van der Waals surface area contributed by atoms with E-state index in [1.165, 1.54) is 0 Å². The minimum absolute atomic E-state index is 0.0126. The quantitative estimate of drug-likeness (QED) is 0.840. The van der Waals surface area contributed by atoms with Crippen LogP contribution in [0.25, 0.3) is 0 Å². The van der Waals surface area contributed by atoms with Gasteiger partial charge in [0.15, 0.2) is 0 Å². The summed E-state index contributed by atoms with van der Waals surface area (Å²) in [5.41, 5.74) is 6.56. The van der Waals surface area contributed by atoms with E-state index in [1.807, 2.05) is 31.2 Å². The van der Waals surface area contributed by atoms with E-state index in [2.05, 4.69) is 5.32 Å². The zero-order chi connectivity index (χ0) is 13.0. The predicted octanol–water partition coefficient (Wildman–Crippen LogP) is 2.30. The minimum atomic E-state index is -0.269. The molecule has 0 heterocycles. The van der Waals surface area contributed by atoms with Gasteiger partial charge in [-0.3, -0.25) is 4.79 Å². The van der Waals surface area contributed by atoms with Crippen molar-refractivity contribution < 1.29 is 9.53 Å². The summed E-state index contributed by atoms with van der Waals surface area (Å²) in [7, 11) is 0. The summed E-state index contributed by atoms with van der Waals surface area (Å²) < 4.78 is 5.34. The van der Waals surface area contributed by atoms with E-state index in [-0.39, 0.29) is 11.4 Å². The molecule has 1 amide bonds. The van der Waals surface area contributed by atoms with Crippen LogP contribution in [0.1, 0.15) is 32.6 Å². The van der Waals surface area contributed by atoms with Gasteiger partial charge in [0.25, 0.3) is 0 Å². The Bertz CT molecular complexity index is 410. The Labute approximate surface area is 108 Å². The molecule has 1 aromatic rings. The Hall–Kier alpha value is -1.55. The zero-order valence-electron chi connectivity index (χ0n) is 10.7. The molecule has 1 fully saturated rings. The first-order valence-electron chi connectivity index (χ1n) is 6.43. The molecule has 0 aromatic heterocycles. The van der Waals surface area contributed by atoms with Crippen LogP contribution in [0.4, 0.5) is 5.69 Å². The lowest BCUT2D eigenvalue weighted by Crippen LogP contribution is -2.48. The van der Waals surface area contributed by atoms with Gasteiger partial charge in [-0.25, -0.2) is 0 Å². The number of rotatable bonds is 5. The molecule has 4 nitrogen and oxygen atoms in total. The summed E-state index contributed by atoms with van der Waals surface area (Å²) in [5, 5.41) is 2.86. The fourth-order valence-electron chi connectivity index (χ4n) is 2.13. The predicted molar refractivity (Wildman–Crippen MR) is 71.6 cm³/mol. The Balaban J connectivity index is 1.86. The van der Waals surface area contributed by atoms with Gasteiger partial charge >= 0.3 is 0 Å². The van der Waals surface area contributed by atoms with Gasteiger partial charge in [-0.15, -0.1) is 0 Å². The van der Waals surface area contributed by atoms with Crippen LogP contribution in [0.3, 0.4) is 0 Å². The van der Waals surface area contributed by atoms with E-state index in [0.717, 1.165) is 30.7 Å². The maximum atomic E-state index is 11.8.